The van der Waals surface area contributed by atoms with Crippen LogP contribution in [0.2, 0.25) is 0 Å². The zero-order valence-electron chi connectivity index (χ0n) is 49.8. The van der Waals surface area contributed by atoms with Crippen molar-refractivity contribution in [2.75, 3.05) is 13.2 Å². The Labute approximate surface area is 465 Å². The third-order valence-corrected chi connectivity index (χ3v) is 14.2. The first kappa shape index (κ1) is 71.8. The maximum Gasteiger partial charge on any atom is 0.306 e. The van der Waals surface area contributed by atoms with Crippen molar-refractivity contribution in [2.45, 2.75) is 335 Å². The third-order valence-electron chi connectivity index (χ3n) is 14.2. The van der Waals surface area contributed by atoms with Crippen LogP contribution in [0.4, 0.5) is 0 Å². The van der Waals surface area contributed by atoms with E-state index < -0.39 is 6.10 Å². The predicted molar refractivity (Wildman–Crippen MR) is 325 cm³/mol. The van der Waals surface area contributed by atoms with Crippen LogP contribution in [0.5, 0.6) is 0 Å². The number of rotatable bonds is 59. The van der Waals surface area contributed by atoms with Gasteiger partial charge in [-0.25, -0.2) is 0 Å². The van der Waals surface area contributed by atoms with E-state index in [1.165, 1.54) is 199 Å². The molecule has 434 valence electrons. The monoisotopic (exact) mass is 1050 g/mol. The molecule has 0 fully saturated rings. The molecular weight excluding hydrogens is 925 g/mol. The number of esters is 3. The first-order chi connectivity index (χ1) is 37.0. The number of allylic oxidation sites excluding steroid dienone is 12. The van der Waals surface area contributed by atoms with Crippen molar-refractivity contribution in [1.29, 1.82) is 0 Å². The lowest BCUT2D eigenvalue weighted by molar-refractivity contribution is -0.167. The molecule has 6 nitrogen and oxygen atoms in total. The van der Waals surface area contributed by atoms with Gasteiger partial charge in [-0.15, -0.1) is 0 Å². The number of unbranched alkanes of at least 4 members (excludes halogenated alkanes) is 36. The van der Waals surface area contributed by atoms with Crippen molar-refractivity contribution in [3.63, 3.8) is 0 Å². The van der Waals surface area contributed by atoms with E-state index in [1.807, 2.05) is 0 Å². The Hall–Kier alpha value is -3.15. The van der Waals surface area contributed by atoms with E-state index in [0.29, 0.717) is 19.3 Å². The quantitative estimate of drug-likeness (QED) is 0.0261. The highest BCUT2D eigenvalue weighted by Crippen LogP contribution is 2.16. The van der Waals surface area contributed by atoms with Gasteiger partial charge >= 0.3 is 17.9 Å². The van der Waals surface area contributed by atoms with Gasteiger partial charge in [-0.05, 0) is 109 Å². The smallest absolute Gasteiger partial charge is 0.306 e. The zero-order valence-corrected chi connectivity index (χ0v) is 49.8. The van der Waals surface area contributed by atoms with Crippen LogP contribution >= 0.6 is 0 Å². The van der Waals surface area contributed by atoms with Crippen LogP contribution in [-0.4, -0.2) is 37.2 Å². The van der Waals surface area contributed by atoms with E-state index in [0.717, 1.165) is 89.9 Å². The summed E-state index contributed by atoms with van der Waals surface area (Å²) in [6.45, 7) is 6.54. The molecule has 0 heterocycles. The molecule has 0 N–H and O–H groups in total. The van der Waals surface area contributed by atoms with E-state index in [9.17, 15) is 14.4 Å². The minimum atomic E-state index is -0.785. The van der Waals surface area contributed by atoms with Gasteiger partial charge in [0.2, 0.25) is 0 Å². The Balaban J connectivity index is 4.35. The van der Waals surface area contributed by atoms with Crippen LogP contribution in [0.25, 0.3) is 0 Å². The molecule has 0 aromatic rings. The Morgan fingerprint density at radius 2 is 0.520 bits per heavy atom. The lowest BCUT2D eigenvalue weighted by Gasteiger charge is -2.18. The molecular formula is C69H122O6. The third kappa shape index (κ3) is 61.6. The van der Waals surface area contributed by atoms with Crippen molar-refractivity contribution in [3.8, 4) is 0 Å². The van der Waals surface area contributed by atoms with E-state index >= 15 is 0 Å². The van der Waals surface area contributed by atoms with E-state index in [2.05, 4.69) is 93.7 Å². The molecule has 0 aromatic carbocycles. The highest BCUT2D eigenvalue weighted by molar-refractivity contribution is 5.71. The van der Waals surface area contributed by atoms with Crippen molar-refractivity contribution in [2.24, 2.45) is 0 Å². The number of hydrogen-bond acceptors (Lipinski definition) is 6. The minimum absolute atomic E-state index is 0.0804. The second-order valence-electron chi connectivity index (χ2n) is 21.6. The maximum absolute atomic E-state index is 12.9. The second-order valence-corrected chi connectivity index (χ2v) is 21.6. The highest BCUT2D eigenvalue weighted by atomic mass is 16.6. The van der Waals surface area contributed by atoms with Gasteiger partial charge in [-0.2, -0.15) is 0 Å². The summed E-state index contributed by atoms with van der Waals surface area (Å²) < 4.78 is 16.9. The summed E-state index contributed by atoms with van der Waals surface area (Å²) in [5.41, 5.74) is 0. The Bertz CT molecular complexity index is 1390. The highest BCUT2D eigenvalue weighted by Gasteiger charge is 2.19. The average molecular weight is 1050 g/mol. The Morgan fingerprint density at radius 3 is 0.827 bits per heavy atom. The molecule has 0 aliphatic rings. The maximum atomic E-state index is 12.9. The summed E-state index contributed by atoms with van der Waals surface area (Å²) >= 11 is 0. The van der Waals surface area contributed by atoms with Crippen LogP contribution in [0, 0.1) is 0 Å². The largest absolute Gasteiger partial charge is 0.462 e. The normalized spacial score (nSPS) is 12.5. The van der Waals surface area contributed by atoms with Crippen LogP contribution < -0.4 is 0 Å². The van der Waals surface area contributed by atoms with Gasteiger partial charge in [0.25, 0.3) is 0 Å². The molecule has 0 spiro atoms. The molecule has 1 atom stereocenters. The van der Waals surface area contributed by atoms with Crippen molar-refractivity contribution in [1.82, 2.24) is 0 Å². The van der Waals surface area contributed by atoms with Gasteiger partial charge in [0.05, 0.1) is 0 Å². The summed E-state index contributed by atoms with van der Waals surface area (Å²) in [6.07, 6.45) is 81.9. The van der Waals surface area contributed by atoms with Crippen LogP contribution in [0.15, 0.2) is 72.9 Å². The van der Waals surface area contributed by atoms with Gasteiger partial charge in [0.1, 0.15) is 13.2 Å². The molecule has 0 saturated heterocycles. The summed E-state index contributed by atoms with van der Waals surface area (Å²) in [7, 11) is 0. The molecule has 0 bridgehead atoms. The predicted octanol–water partition coefficient (Wildman–Crippen LogP) is 22.1. The summed E-state index contributed by atoms with van der Waals surface area (Å²) in [5.74, 6) is -0.881. The number of carbonyl (C=O) groups excluding carboxylic acids is 3. The van der Waals surface area contributed by atoms with Gasteiger partial charge in [-0.3, -0.25) is 14.4 Å². The lowest BCUT2D eigenvalue weighted by atomic mass is 10.0. The molecule has 75 heavy (non-hydrogen) atoms. The van der Waals surface area contributed by atoms with Gasteiger partial charge in [0, 0.05) is 19.3 Å². The fraction of sp³-hybridized carbons (Fsp3) is 0.783. The first-order valence-electron chi connectivity index (χ1n) is 32.4. The molecule has 6 heteroatoms. The molecule has 0 aliphatic carbocycles. The average Bonchev–Trinajstić information content (AvgIpc) is 3.41. The fourth-order valence-electron chi connectivity index (χ4n) is 9.31. The standard InChI is InChI=1S/C69H122O6/c1-4-7-10-13-16-19-22-25-28-31-32-33-34-35-36-39-41-44-47-50-53-56-59-62-68(71)74-65-66(75-69(72)63-60-57-54-51-48-45-42-38-30-27-24-21-18-15-12-9-6-3)64-73-67(70)61-58-55-52-49-46-43-40-37-29-26-23-20-17-14-11-8-5-2/h9,12,18,21-22,25-27,29-32,66H,4-8,10-11,13-17,19-20,23-24,28,33-65H2,1-3H3/b12-9-,21-18-,25-22-,29-26-,30-27-,32-31-. The molecule has 0 radical (unpaired) electrons. The molecule has 0 rings (SSSR count). The van der Waals surface area contributed by atoms with E-state index in [-0.39, 0.29) is 31.1 Å². The molecule has 0 amide bonds. The van der Waals surface area contributed by atoms with Crippen molar-refractivity contribution in [3.05, 3.63) is 72.9 Å². The van der Waals surface area contributed by atoms with Gasteiger partial charge < -0.3 is 14.2 Å². The minimum Gasteiger partial charge on any atom is -0.462 e. The topological polar surface area (TPSA) is 78.9 Å². The lowest BCUT2D eigenvalue weighted by Crippen LogP contribution is -2.30. The number of hydrogen-bond donors (Lipinski definition) is 0. The molecule has 0 aromatic heterocycles. The Morgan fingerprint density at radius 1 is 0.280 bits per heavy atom. The number of carbonyl (C=O) groups is 3. The number of ether oxygens (including phenoxy) is 3. The summed E-state index contributed by atoms with van der Waals surface area (Å²) in [6, 6.07) is 0. The summed E-state index contributed by atoms with van der Waals surface area (Å²) in [5, 5.41) is 0. The van der Waals surface area contributed by atoms with Crippen molar-refractivity contribution >= 4 is 17.9 Å². The molecule has 1 unspecified atom stereocenters. The fourth-order valence-corrected chi connectivity index (χ4v) is 9.31. The summed E-state index contributed by atoms with van der Waals surface area (Å²) in [4.78, 5) is 38.4. The van der Waals surface area contributed by atoms with E-state index in [4.69, 9.17) is 14.2 Å². The van der Waals surface area contributed by atoms with E-state index in [1.54, 1.807) is 0 Å². The van der Waals surface area contributed by atoms with Gasteiger partial charge in [-0.1, -0.05) is 273 Å². The van der Waals surface area contributed by atoms with Crippen LogP contribution in [0.1, 0.15) is 329 Å². The molecule has 0 aliphatic heterocycles. The van der Waals surface area contributed by atoms with Crippen molar-refractivity contribution < 1.29 is 28.6 Å². The second kappa shape index (κ2) is 63.4. The Kier molecular flexibility index (Phi) is 60.7. The molecule has 0 saturated carbocycles. The van der Waals surface area contributed by atoms with Crippen LogP contribution in [-0.2, 0) is 28.6 Å². The SMILES string of the molecule is CC/C=C\C/C=C\C/C=C\CCCCCCCCCC(=O)OC(COC(=O)CCCCCCCCC/C=C\CCCCCCCC)COC(=O)CCCCCCCCCCCCC/C=C\C/C=C\CCCCCCC. The zero-order chi connectivity index (χ0) is 54.3. The van der Waals surface area contributed by atoms with Crippen LogP contribution in [0.3, 0.4) is 0 Å². The first-order valence-corrected chi connectivity index (χ1v) is 32.4. The van der Waals surface area contributed by atoms with Gasteiger partial charge in [0.15, 0.2) is 6.10 Å².